The molecule has 0 radical (unpaired) electrons. The number of fused-ring (bicyclic) bond motifs is 2. The van der Waals surface area contributed by atoms with E-state index in [1.807, 2.05) is 41.9 Å². The van der Waals surface area contributed by atoms with E-state index in [0.717, 1.165) is 27.5 Å². The molecule has 0 saturated heterocycles. The molecule has 1 N–H and O–H groups in total. The van der Waals surface area contributed by atoms with Crippen LogP contribution in [0, 0.1) is 0 Å². The first kappa shape index (κ1) is 18.2. The summed E-state index contributed by atoms with van der Waals surface area (Å²) in [6, 6.07) is 11.2. The van der Waals surface area contributed by atoms with Crippen molar-refractivity contribution in [2.75, 3.05) is 19.7 Å². The lowest BCUT2D eigenvalue weighted by Crippen LogP contribution is -2.19. The second-order valence-corrected chi connectivity index (χ2v) is 6.95. The molecule has 4 rings (SSSR count). The number of methoxy groups -OCH3 is 1. The van der Waals surface area contributed by atoms with E-state index in [1.165, 1.54) is 11.8 Å². The quantitative estimate of drug-likeness (QED) is 0.390. The van der Waals surface area contributed by atoms with Gasteiger partial charge >= 0.3 is 0 Å². The smallest absolute Gasteiger partial charge is 0.250 e. The molecule has 0 bridgehead atoms. The van der Waals surface area contributed by atoms with E-state index in [4.69, 9.17) is 14.2 Å². The second-order valence-electron chi connectivity index (χ2n) is 6.00. The highest BCUT2D eigenvalue weighted by Gasteiger charge is 2.13. The van der Waals surface area contributed by atoms with Crippen molar-refractivity contribution in [1.29, 1.82) is 0 Å². The molecule has 3 aromatic rings. The molecule has 1 amide bonds. The lowest BCUT2D eigenvalue weighted by Gasteiger charge is -2.02. The minimum atomic E-state index is -0.216. The zero-order valence-corrected chi connectivity index (χ0v) is 16.2. The highest BCUT2D eigenvalue weighted by Crippen LogP contribution is 2.32. The van der Waals surface area contributed by atoms with Crippen molar-refractivity contribution < 1.29 is 19.0 Å². The van der Waals surface area contributed by atoms with Gasteiger partial charge in [0.25, 0.3) is 5.91 Å². The third kappa shape index (κ3) is 3.74. The van der Waals surface area contributed by atoms with Crippen LogP contribution in [-0.4, -0.2) is 41.3 Å². The van der Waals surface area contributed by atoms with Crippen molar-refractivity contribution in [3.05, 3.63) is 42.0 Å². The van der Waals surface area contributed by atoms with Gasteiger partial charge in [0, 0.05) is 13.1 Å². The number of ether oxygens (including phenoxy) is 3. The van der Waals surface area contributed by atoms with Gasteiger partial charge in [-0.25, -0.2) is 10.4 Å². The monoisotopic (exact) mass is 398 g/mol. The van der Waals surface area contributed by atoms with Crippen LogP contribution in [0.3, 0.4) is 0 Å². The first-order chi connectivity index (χ1) is 13.6. The number of aromatic nitrogens is 2. The zero-order chi connectivity index (χ0) is 19.5. The number of rotatable bonds is 6. The van der Waals surface area contributed by atoms with Crippen LogP contribution < -0.4 is 19.6 Å². The number of thioether (sulfide) groups is 1. The van der Waals surface area contributed by atoms with Gasteiger partial charge in [-0.2, -0.15) is 5.10 Å². The topological polar surface area (TPSA) is 87.0 Å². The summed E-state index contributed by atoms with van der Waals surface area (Å²) in [6.45, 7) is 0.221. The Morgan fingerprint density at radius 1 is 1.32 bits per heavy atom. The molecular formula is C19H18N4O4S. The summed E-state index contributed by atoms with van der Waals surface area (Å²) in [6.07, 6.45) is 1.56. The molecule has 1 aliphatic heterocycles. The lowest BCUT2D eigenvalue weighted by atomic mass is 10.2. The number of nitrogens with one attached hydrogen (secondary N) is 1. The second kappa shape index (κ2) is 7.81. The van der Waals surface area contributed by atoms with Crippen LogP contribution in [0.5, 0.6) is 17.2 Å². The van der Waals surface area contributed by atoms with Crippen LogP contribution in [-0.2, 0) is 11.8 Å². The summed E-state index contributed by atoms with van der Waals surface area (Å²) in [7, 11) is 3.54. The van der Waals surface area contributed by atoms with Gasteiger partial charge in [0.1, 0.15) is 5.75 Å². The maximum absolute atomic E-state index is 12.1. The standard InChI is InChI=1S/C19H18N4O4S/c1-23-15-5-4-13(25-2)8-14(15)21-19(23)28-10-18(24)22-20-9-12-3-6-16-17(7-12)27-11-26-16/h3-9H,10-11H2,1-2H3,(H,22,24). The minimum Gasteiger partial charge on any atom is -0.497 e. The van der Waals surface area contributed by atoms with Gasteiger partial charge in [-0.15, -0.1) is 0 Å². The molecule has 1 aromatic heterocycles. The number of hydrogen-bond acceptors (Lipinski definition) is 7. The van der Waals surface area contributed by atoms with E-state index in [9.17, 15) is 4.79 Å². The van der Waals surface area contributed by atoms with E-state index in [2.05, 4.69) is 15.5 Å². The Hall–Kier alpha value is -3.20. The Balaban J connectivity index is 1.34. The van der Waals surface area contributed by atoms with E-state index >= 15 is 0 Å². The van der Waals surface area contributed by atoms with Crippen molar-refractivity contribution in [2.24, 2.45) is 12.1 Å². The predicted octanol–water partition coefficient (Wildman–Crippen LogP) is 2.55. The Morgan fingerprint density at radius 3 is 3.04 bits per heavy atom. The molecule has 2 aromatic carbocycles. The molecule has 2 heterocycles. The third-order valence-electron chi connectivity index (χ3n) is 4.18. The summed E-state index contributed by atoms with van der Waals surface area (Å²) in [4.78, 5) is 16.6. The average molecular weight is 398 g/mol. The summed E-state index contributed by atoms with van der Waals surface area (Å²) in [5.74, 6) is 2.11. The maximum Gasteiger partial charge on any atom is 0.250 e. The number of carbonyl (C=O) groups is 1. The van der Waals surface area contributed by atoms with Crippen molar-refractivity contribution in [1.82, 2.24) is 15.0 Å². The minimum absolute atomic E-state index is 0.201. The lowest BCUT2D eigenvalue weighted by molar-refractivity contribution is -0.118. The van der Waals surface area contributed by atoms with Gasteiger partial charge in [0.05, 0.1) is 30.1 Å². The van der Waals surface area contributed by atoms with Crippen LogP contribution >= 0.6 is 11.8 Å². The fraction of sp³-hybridized carbons (Fsp3) is 0.211. The van der Waals surface area contributed by atoms with Crippen LogP contribution in [0.25, 0.3) is 11.0 Å². The first-order valence-electron chi connectivity index (χ1n) is 8.49. The Kier molecular flexibility index (Phi) is 5.07. The van der Waals surface area contributed by atoms with E-state index in [0.29, 0.717) is 11.5 Å². The molecule has 0 fully saturated rings. The Labute approximate surface area is 165 Å². The molecule has 0 unspecified atom stereocenters. The maximum atomic E-state index is 12.1. The number of hydrogen-bond donors (Lipinski definition) is 1. The fourth-order valence-corrected chi connectivity index (χ4v) is 3.53. The van der Waals surface area contributed by atoms with E-state index < -0.39 is 0 Å². The molecule has 1 aliphatic rings. The van der Waals surface area contributed by atoms with E-state index in [1.54, 1.807) is 19.4 Å². The van der Waals surface area contributed by atoms with E-state index in [-0.39, 0.29) is 18.5 Å². The summed E-state index contributed by atoms with van der Waals surface area (Å²) >= 11 is 1.35. The molecular weight excluding hydrogens is 380 g/mol. The van der Waals surface area contributed by atoms with Gasteiger partial charge in [-0.3, -0.25) is 4.79 Å². The number of amides is 1. The average Bonchev–Trinajstić information content (AvgIpc) is 3.30. The Bertz CT molecular complexity index is 1060. The molecule has 0 saturated carbocycles. The van der Waals surface area contributed by atoms with Crippen molar-refractivity contribution in [3.8, 4) is 17.2 Å². The molecule has 0 atom stereocenters. The third-order valence-corrected chi connectivity index (χ3v) is 5.21. The summed E-state index contributed by atoms with van der Waals surface area (Å²) in [5, 5.41) is 4.74. The number of imidazole rings is 1. The van der Waals surface area contributed by atoms with Crippen molar-refractivity contribution >= 4 is 34.9 Å². The molecule has 0 spiro atoms. The normalized spacial score (nSPS) is 12.6. The van der Waals surface area contributed by atoms with Gasteiger partial charge in [-0.05, 0) is 35.9 Å². The SMILES string of the molecule is COc1ccc2c(c1)nc(SCC(=O)NN=Cc1ccc3c(c1)OCO3)n2C. The molecule has 0 aliphatic carbocycles. The number of benzene rings is 2. The summed E-state index contributed by atoms with van der Waals surface area (Å²) < 4.78 is 17.7. The molecule has 28 heavy (non-hydrogen) atoms. The van der Waals surface area contributed by atoms with Gasteiger partial charge < -0.3 is 18.8 Å². The Morgan fingerprint density at radius 2 is 2.18 bits per heavy atom. The first-order valence-corrected chi connectivity index (χ1v) is 9.47. The van der Waals surface area contributed by atoms with Crippen LogP contribution in [0.4, 0.5) is 0 Å². The molecule has 144 valence electrons. The van der Waals surface area contributed by atoms with Crippen LogP contribution in [0.1, 0.15) is 5.56 Å². The fourth-order valence-electron chi connectivity index (χ4n) is 2.75. The van der Waals surface area contributed by atoms with Gasteiger partial charge in [-0.1, -0.05) is 11.8 Å². The number of hydrazone groups is 1. The number of aryl methyl sites for hydroxylation is 1. The van der Waals surface area contributed by atoms with Gasteiger partial charge in [0.15, 0.2) is 16.7 Å². The summed E-state index contributed by atoms with van der Waals surface area (Å²) in [5.41, 5.74) is 5.13. The zero-order valence-electron chi connectivity index (χ0n) is 15.3. The number of carbonyl (C=O) groups excluding carboxylic acids is 1. The van der Waals surface area contributed by atoms with Crippen LogP contribution in [0.15, 0.2) is 46.7 Å². The van der Waals surface area contributed by atoms with Gasteiger partial charge in [0.2, 0.25) is 6.79 Å². The molecule has 9 heteroatoms. The highest BCUT2D eigenvalue weighted by molar-refractivity contribution is 7.99. The van der Waals surface area contributed by atoms with Crippen molar-refractivity contribution in [2.45, 2.75) is 5.16 Å². The predicted molar refractivity (Wildman–Crippen MR) is 106 cm³/mol. The van der Waals surface area contributed by atoms with Crippen LogP contribution in [0.2, 0.25) is 0 Å². The largest absolute Gasteiger partial charge is 0.497 e. The van der Waals surface area contributed by atoms with Crippen molar-refractivity contribution in [3.63, 3.8) is 0 Å². The highest BCUT2D eigenvalue weighted by atomic mass is 32.2. The molecule has 8 nitrogen and oxygen atoms in total. The number of nitrogens with zero attached hydrogens (tertiary/aromatic N) is 3.